The van der Waals surface area contributed by atoms with Crippen LogP contribution in [-0.4, -0.2) is 47.5 Å². The molecule has 11 heavy (non-hydrogen) atoms. The quantitative estimate of drug-likeness (QED) is 0.372. The van der Waals surface area contributed by atoms with Crippen molar-refractivity contribution in [1.82, 2.24) is 4.98 Å². The molecule has 0 fully saturated rings. The van der Waals surface area contributed by atoms with Crippen LogP contribution in [0.2, 0.25) is 0 Å². The fourth-order valence-electron chi connectivity index (χ4n) is 0.602. The minimum Gasteiger partial charge on any atom is -0.480 e. The van der Waals surface area contributed by atoms with Crippen molar-refractivity contribution in [2.45, 2.75) is 0 Å². The molecule has 0 aliphatic carbocycles. The predicted molar refractivity (Wildman–Crippen MR) is 43.8 cm³/mol. The maximum absolute atomic E-state index is 7.19. The van der Waals surface area contributed by atoms with Crippen molar-refractivity contribution in [3.05, 3.63) is 30.1 Å². The molecule has 0 aliphatic rings. The van der Waals surface area contributed by atoms with Crippen LogP contribution >= 0.6 is 0 Å². The monoisotopic (exact) mass is 159 g/mol. The summed E-state index contributed by atoms with van der Waals surface area (Å²) in [5, 5.41) is 7.19. The van der Waals surface area contributed by atoms with Gasteiger partial charge in [0.15, 0.2) is 0 Å². The van der Waals surface area contributed by atoms with Crippen molar-refractivity contribution in [3.63, 3.8) is 0 Å². The SMILES string of the molecule is COC(=N)c1ccccn1.[Na]. The van der Waals surface area contributed by atoms with Crippen LogP contribution in [0.3, 0.4) is 0 Å². The first-order valence-corrected chi connectivity index (χ1v) is 2.88. The topological polar surface area (TPSA) is 46.0 Å². The van der Waals surface area contributed by atoms with Crippen LogP contribution in [0.5, 0.6) is 0 Å². The Bertz CT molecular complexity index is 225. The zero-order valence-electron chi connectivity index (χ0n) is 6.66. The van der Waals surface area contributed by atoms with E-state index < -0.39 is 0 Å². The van der Waals surface area contributed by atoms with Crippen LogP contribution in [0.15, 0.2) is 24.4 Å². The van der Waals surface area contributed by atoms with Crippen molar-refractivity contribution in [2.24, 2.45) is 0 Å². The number of nitrogens with one attached hydrogen (secondary N) is 1. The molecule has 0 spiro atoms. The molecule has 0 saturated carbocycles. The Hall–Kier alpha value is -0.380. The van der Waals surface area contributed by atoms with E-state index >= 15 is 0 Å². The summed E-state index contributed by atoms with van der Waals surface area (Å²) < 4.78 is 4.66. The van der Waals surface area contributed by atoms with Gasteiger partial charge in [-0.15, -0.1) is 0 Å². The minimum absolute atomic E-state index is 0. The standard InChI is InChI=1S/C7H8N2O.Na/c1-10-7(8)6-4-2-3-5-9-6;/h2-5,8H,1H3;. The average molecular weight is 159 g/mol. The van der Waals surface area contributed by atoms with E-state index in [1.165, 1.54) is 7.11 Å². The van der Waals surface area contributed by atoms with E-state index in [0.717, 1.165) is 0 Å². The smallest absolute Gasteiger partial charge is 0.232 e. The summed E-state index contributed by atoms with van der Waals surface area (Å²) in [5.41, 5.74) is 0.560. The second-order valence-electron chi connectivity index (χ2n) is 1.75. The van der Waals surface area contributed by atoms with Gasteiger partial charge in [0.25, 0.3) is 0 Å². The zero-order chi connectivity index (χ0) is 7.40. The fourth-order valence-corrected chi connectivity index (χ4v) is 0.602. The van der Waals surface area contributed by atoms with Crippen LogP contribution in [0, 0.1) is 5.41 Å². The van der Waals surface area contributed by atoms with E-state index in [1.54, 1.807) is 18.3 Å². The summed E-state index contributed by atoms with van der Waals surface area (Å²) in [5.74, 6) is 0.0978. The third-order valence-electron chi connectivity index (χ3n) is 1.10. The van der Waals surface area contributed by atoms with Crippen LogP contribution in [-0.2, 0) is 4.74 Å². The van der Waals surface area contributed by atoms with Gasteiger partial charge in [0, 0.05) is 35.8 Å². The molecule has 3 nitrogen and oxygen atoms in total. The Labute approximate surface area is 87.6 Å². The molecule has 1 heterocycles. The Balaban J connectivity index is 0.000001000. The van der Waals surface area contributed by atoms with Gasteiger partial charge in [-0.3, -0.25) is 10.4 Å². The summed E-state index contributed by atoms with van der Waals surface area (Å²) in [4.78, 5) is 3.90. The molecule has 1 aromatic heterocycles. The van der Waals surface area contributed by atoms with Crippen LogP contribution < -0.4 is 0 Å². The molecule has 0 amide bonds. The Morgan fingerprint density at radius 1 is 1.55 bits per heavy atom. The fraction of sp³-hybridized carbons (Fsp3) is 0.143. The van der Waals surface area contributed by atoms with E-state index in [1.807, 2.05) is 6.07 Å². The van der Waals surface area contributed by atoms with Gasteiger partial charge in [0.2, 0.25) is 5.90 Å². The molecule has 1 radical (unpaired) electrons. The number of nitrogens with zero attached hydrogens (tertiary/aromatic N) is 1. The summed E-state index contributed by atoms with van der Waals surface area (Å²) in [6.07, 6.45) is 1.63. The molecule has 0 unspecified atom stereocenters. The number of ether oxygens (including phenoxy) is 1. The summed E-state index contributed by atoms with van der Waals surface area (Å²) in [6, 6.07) is 5.34. The molecule has 4 heteroatoms. The summed E-state index contributed by atoms with van der Waals surface area (Å²) >= 11 is 0. The molecule has 0 aliphatic heterocycles. The van der Waals surface area contributed by atoms with Crippen molar-refractivity contribution in [1.29, 1.82) is 5.41 Å². The first-order valence-electron chi connectivity index (χ1n) is 2.88. The number of rotatable bonds is 1. The molecular formula is C7H8N2NaO. The first kappa shape index (κ1) is 10.6. The van der Waals surface area contributed by atoms with Crippen molar-refractivity contribution >= 4 is 35.5 Å². The normalized spacial score (nSPS) is 8.09. The van der Waals surface area contributed by atoms with Crippen LogP contribution in [0.1, 0.15) is 5.69 Å². The molecule has 1 aromatic rings. The average Bonchev–Trinajstić information content (AvgIpc) is 2.05. The van der Waals surface area contributed by atoms with E-state index in [9.17, 15) is 0 Å². The predicted octanol–water partition coefficient (Wildman–Crippen LogP) is 0.673. The number of aromatic nitrogens is 1. The minimum atomic E-state index is 0. The molecule has 0 saturated heterocycles. The van der Waals surface area contributed by atoms with Gasteiger partial charge in [-0.2, -0.15) is 0 Å². The first-order chi connectivity index (χ1) is 4.84. The van der Waals surface area contributed by atoms with Gasteiger partial charge >= 0.3 is 0 Å². The second kappa shape index (κ2) is 5.29. The third kappa shape index (κ3) is 3.01. The van der Waals surface area contributed by atoms with Crippen LogP contribution in [0.4, 0.5) is 0 Å². The molecule has 1 rings (SSSR count). The summed E-state index contributed by atoms with van der Waals surface area (Å²) in [6.45, 7) is 0. The third-order valence-corrected chi connectivity index (χ3v) is 1.10. The van der Waals surface area contributed by atoms with E-state index in [2.05, 4.69) is 9.72 Å². The Morgan fingerprint density at radius 3 is 2.73 bits per heavy atom. The Morgan fingerprint density at radius 2 is 2.27 bits per heavy atom. The molecule has 0 atom stereocenters. The van der Waals surface area contributed by atoms with Gasteiger partial charge in [0.1, 0.15) is 5.69 Å². The number of methoxy groups -OCH3 is 1. The van der Waals surface area contributed by atoms with Crippen molar-refractivity contribution < 1.29 is 4.74 Å². The molecule has 1 N–H and O–H groups in total. The maximum Gasteiger partial charge on any atom is 0.232 e. The maximum atomic E-state index is 7.19. The van der Waals surface area contributed by atoms with E-state index in [4.69, 9.17) is 5.41 Å². The van der Waals surface area contributed by atoms with Crippen molar-refractivity contribution in [3.8, 4) is 0 Å². The van der Waals surface area contributed by atoms with Gasteiger partial charge < -0.3 is 4.74 Å². The van der Waals surface area contributed by atoms with Gasteiger partial charge in [-0.05, 0) is 12.1 Å². The Kier molecular flexibility index (Phi) is 5.11. The molecule has 0 bridgehead atoms. The summed E-state index contributed by atoms with van der Waals surface area (Å²) in [7, 11) is 1.46. The number of pyridine rings is 1. The van der Waals surface area contributed by atoms with Gasteiger partial charge in [0.05, 0.1) is 7.11 Å². The molecular weight excluding hydrogens is 151 g/mol. The molecule has 0 aromatic carbocycles. The largest absolute Gasteiger partial charge is 0.480 e. The van der Waals surface area contributed by atoms with E-state index in [-0.39, 0.29) is 35.5 Å². The second-order valence-corrected chi connectivity index (χ2v) is 1.75. The van der Waals surface area contributed by atoms with Crippen molar-refractivity contribution in [2.75, 3.05) is 7.11 Å². The zero-order valence-corrected chi connectivity index (χ0v) is 8.66. The number of hydrogen-bond donors (Lipinski definition) is 1. The molecule has 53 valence electrons. The van der Waals surface area contributed by atoms with Gasteiger partial charge in [-0.25, -0.2) is 0 Å². The number of hydrogen-bond acceptors (Lipinski definition) is 3. The van der Waals surface area contributed by atoms with Gasteiger partial charge in [-0.1, -0.05) is 6.07 Å². The van der Waals surface area contributed by atoms with E-state index in [0.29, 0.717) is 5.69 Å². The van der Waals surface area contributed by atoms with Crippen LogP contribution in [0.25, 0.3) is 0 Å².